The van der Waals surface area contributed by atoms with Gasteiger partial charge in [-0.15, -0.1) is 0 Å². The van der Waals surface area contributed by atoms with E-state index in [1.807, 2.05) is 18.2 Å². The van der Waals surface area contributed by atoms with E-state index >= 15 is 0 Å². The van der Waals surface area contributed by atoms with Gasteiger partial charge in [0, 0.05) is 11.3 Å². The fourth-order valence-electron chi connectivity index (χ4n) is 1.75. The highest BCUT2D eigenvalue weighted by molar-refractivity contribution is 7.80. The first kappa shape index (κ1) is 19.5. The molecule has 0 atom stereocenters. The van der Waals surface area contributed by atoms with E-state index in [2.05, 4.69) is 15.3 Å². The summed E-state index contributed by atoms with van der Waals surface area (Å²) in [6, 6.07) is 0. The number of hydrogen-bond acceptors (Lipinski definition) is 4. The van der Waals surface area contributed by atoms with Gasteiger partial charge in [0.25, 0.3) is 0 Å². The number of rotatable bonds is 2. The van der Waals surface area contributed by atoms with E-state index in [0.29, 0.717) is 12.2 Å². The summed E-state index contributed by atoms with van der Waals surface area (Å²) in [5.41, 5.74) is 1.00. The zero-order chi connectivity index (χ0) is 17.3. The van der Waals surface area contributed by atoms with E-state index in [4.69, 9.17) is 81.8 Å². The number of nitrogens with zero attached hydrogens (tertiary/aromatic N) is 2. The first-order valence-electron chi connectivity index (χ1n) is 6.25. The Morgan fingerprint density at radius 3 is 2.39 bits per heavy atom. The van der Waals surface area contributed by atoms with Gasteiger partial charge in [-0.2, -0.15) is 0 Å². The van der Waals surface area contributed by atoms with Gasteiger partial charge in [-0.1, -0.05) is 100 Å². The van der Waals surface area contributed by atoms with E-state index in [1.54, 1.807) is 6.08 Å². The Bertz CT molecular complexity index is 664. The third-order valence-electron chi connectivity index (χ3n) is 2.82. The second kappa shape index (κ2) is 7.61. The Hall–Kier alpha value is 0.190. The first-order chi connectivity index (χ1) is 10.6. The number of amidine groups is 2. The van der Waals surface area contributed by atoms with E-state index in [1.165, 1.54) is 0 Å². The van der Waals surface area contributed by atoms with E-state index < -0.39 is 7.59 Å². The van der Waals surface area contributed by atoms with Crippen LogP contribution in [-0.4, -0.2) is 24.1 Å². The molecule has 1 aliphatic carbocycles. The van der Waals surface area contributed by atoms with Gasteiger partial charge in [0.2, 0.25) is 7.59 Å². The highest BCUT2D eigenvalue weighted by Gasteiger charge is 2.36. The Morgan fingerprint density at radius 1 is 1.13 bits per heavy atom. The van der Waals surface area contributed by atoms with Crippen molar-refractivity contribution in [2.24, 2.45) is 9.98 Å². The van der Waals surface area contributed by atoms with Gasteiger partial charge in [0.15, 0.2) is 11.7 Å². The molecule has 23 heavy (non-hydrogen) atoms. The van der Waals surface area contributed by atoms with Crippen LogP contribution in [0, 0.1) is 0 Å². The molecule has 0 aromatic heterocycles. The highest BCUT2D eigenvalue weighted by Crippen LogP contribution is 2.34. The minimum atomic E-state index is -1.84. The van der Waals surface area contributed by atoms with E-state index in [9.17, 15) is 0 Å². The lowest BCUT2D eigenvalue weighted by atomic mass is 10.0. The summed E-state index contributed by atoms with van der Waals surface area (Å²) in [6.45, 7) is 0. The van der Waals surface area contributed by atoms with Crippen LogP contribution in [0.1, 0.15) is 12.8 Å². The zero-order valence-corrected chi connectivity index (χ0v) is 16.6. The van der Waals surface area contributed by atoms with Crippen LogP contribution in [0.3, 0.4) is 0 Å². The Morgan fingerprint density at radius 2 is 1.83 bits per heavy atom. The number of hydrogen-bond donors (Lipinski definition) is 1. The molecule has 1 heterocycles. The maximum absolute atomic E-state index is 5.85. The van der Waals surface area contributed by atoms with Crippen molar-refractivity contribution < 1.29 is 0 Å². The van der Waals surface area contributed by atoms with Crippen molar-refractivity contribution >= 4 is 98.4 Å². The molecule has 10 heteroatoms. The van der Waals surface area contributed by atoms with Crippen LogP contribution >= 0.6 is 81.8 Å². The number of nitrogens with one attached hydrogen (secondary N) is 1. The van der Waals surface area contributed by atoms with Gasteiger partial charge in [-0.25, -0.2) is 9.98 Å². The SMILES string of the molecule is S=C1CC=CC=C1CC=C1N=C(C(Cl)(Cl)Cl)N=C(C(Cl)(Cl)Cl)N1. The van der Waals surface area contributed by atoms with Crippen molar-refractivity contribution in [1.29, 1.82) is 0 Å². The van der Waals surface area contributed by atoms with Crippen LogP contribution in [0.25, 0.3) is 0 Å². The van der Waals surface area contributed by atoms with Gasteiger partial charge in [0.05, 0.1) is 0 Å². The Labute approximate surface area is 169 Å². The van der Waals surface area contributed by atoms with Crippen LogP contribution in [-0.2, 0) is 0 Å². The predicted octanol–water partition coefficient (Wildman–Crippen LogP) is 5.61. The van der Waals surface area contributed by atoms with Crippen molar-refractivity contribution in [3.05, 3.63) is 35.7 Å². The minimum absolute atomic E-state index is 0.00479. The van der Waals surface area contributed by atoms with Crippen molar-refractivity contribution in [2.45, 2.75) is 20.4 Å². The molecule has 2 aliphatic rings. The zero-order valence-electron chi connectivity index (χ0n) is 11.3. The molecule has 0 fully saturated rings. The third-order valence-corrected chi connectivity index (χ3v) is 4.30. The number of thiocarbonyl (C=S) groups is 1. The molecule has 0 saturated carbocycles. The molecule has 1 aliphatic heterocycles. The van der Waals surface area contributed by atoms with Crippen LogP contribution in [0.15, 0.2) is 45.7 Å². The van der Waals surface area contributed by atoms with Crippen LogP contribution in [0.2, 0.25) is 0 Å². The average Bonchev–Trinajstić information content (AvgIpc) is 2.44. The summed E-state index contributed by atoms with van der Waals surface area (Å²) in [6.07, 6.45) is 8.91. The second-order valence-electron chi connectivity index (χ2n) is 4.56. The number of alkyl halides is 6. The van der Waals surface area contributed by atoms with Crippen molar-refractivity contribution in [3.63, 3.8) is 0 Å². The lowest BCUT2D eigenvalue weighted by Crippen LogP contribution is -2.39. The van der Waals surface area contributed by atoms with Gasteiger partial charge < -0.3 is 5.32 Å². The molecule has 0 aromatic rings. The summed E-state index contributed by atoms with van der Waals surface area (Å²) < 4.78 is -3.65. The number of allylic oxidation sites excluding steroid dienone is 5. The fourth-order valence-corrected chi connectivity index (χ4v) is 2.52. The quantitative estimate of drug-likeness (QED) is 0.437. The molecule has 0 radical (unpaired) electrons. The van der Waals surface area contributed by atoms with E-state index in [-0.39, 0.29) is 11.7 Å². The smallest absolute Gasteiger partial charge is 0.250 e. The molecule has 0 aromatic carbocycles. The molecule has 0 spiro atoms. The lowest BCUT2D eigenvalue weighted by Gasteiger charge is -2.23. The van der Waals surface area contributed by atoms with Crippen molar-refractivity contribution in [3.8, 4) is 0 Å². The fraction of sp³-hybridized carbons (Fsp3) is 0.308. The average molecular weight is 452 g/mol. The summed E-state index contributed by atoms with van der Waals surface area (Å²) in [5.74, 6) is 0.278. The minimum Gasteiger partial charge on any atom is -0.325 e. The maximum Gasteiger partial charge on any atom is 0.250 e. The van der Waals surface area contributed by atoms with Gasteiger partial charge in [-0.3, -0.25) is 0 Å². The highest BCUT2D eigenvalue weighted by atomic mass is 35.6. The van der Waals surface area contributed by atoms with Crippen molar-refractivity contribution in [2.75, 3.05) is 0 Å². The topological polar surface area (TPSA) is 36.8 Å². The normalized spacial score (nSPS) is 20.9. The van der Waals surface area contributed by atoms with Crippen LogP contribution in [0.4, 0.5) is 0 Å². The number of aliphatic imine (C=N–C) groups is 2. The predicted molar refractivity (Wildman–Crippen MR) is 106 cm³/mol. The van der Waals surface area contributed by atoms with Crippen LogP contribution in [0.5, 0.6) is 0 Å². The summed E-state index contributed by atoms with van der Waals surface area (Å²) in [7, 11) is 0. The lowest BCUT2D eigenvalue weighted by molar-refractivity contribution is 0.997. The molecule has 0 amide bonds. The van der Waals surface area contributed by atoms with E-state index in [0.717, 1.165) is 16.9 Å². The summed E-state index contributed by atoms with van der Waals surface area (Å²) in [5, 5.41) is 2.81. The molecule has 2 rings (SSSR count). The van der Waals surface area contributed by atoms with Gasteiger partial charge in [0.1, 0.15) is 5.82 Å². The molecule has 0 saturated heterocycles. The second-order valence-corrected chi connectivity index (χ2v) is 9.61. The molecule has 1 N–H and O–H groups in total. The Kier molecular flexibility index (Phi) is 6.45. The molecule has 3 nitrogen and oxygen atoms in total. The maximum atomic E-state index is 5.85. The van der Waals surface area contributed by atoms with Gasteiger partial charge in [-0.05, 0) is 18.1 Å². The first-order valence-corrected chi connectivity index (χ1v) is 8.93. The third kappa shape index (κ3) is 5.60. The molecule has 124 valence electrons. The molecule has 0 unspecified atom stereocenters. The largest absolute Gasteiger partial charge is 0.325 e. The molecular weight excluding hydrogens is 443 g/mol. The summed E-state index contributed by atoms with van der Waals surface area (Å²) in [4.78, 5) is 8.96. The molecule has 0 bridgehead atoms. The molecular formula is C13H9Cl6N3S. The summed E-state index contributed by atoms with van der Waals surface area (Å²) >= 11 is 40.3. The monoisotopic (exact) mass is 449 g/mol. The van der Waals surface area contributed by atoms with Gasteiger partial charge >= 0.3 is 0 Å². The Balaban J connectivity index is 2.28. The number of halogens is 6. The van der Waals surface area contributed by atoms with Crippen LogP contribution < -0.4 is 5.32 Å². The standard InChI is InChI=1S/C13H9Cl6N3S/c14-12(15,16)10-20-9(21-11(22-10)13(17,18)19)6-5-7-3-1-2-4-8(7)23/h1-3,6H,4-5H2,(H,20,21,22). The van der Waals surface area contributed by atoms with Crippen molar-refractivity contribution in [1.82, 2.24) is 5.32 Å².